The Labute approximate surface area is 246 Å². The Balaban J connectivity index is 1.45. The van der Waals surface area contributed by atoms with E-state index in [-0.39, 0.29) is 35.5 Å². The smallest absolute Gasteiger partial charge is 0.335 e. The maximum atomic E-state index is 15.2. The normalized spacial score (nSPS) is 12.0. The number of anilines is 2. The van der Waals surface area contributed by atoms with Gasteiger partial charge in [-0.15, -0.1) is 0 Å². The fourth-order valence-electron chi connectivity index (χ4n) is 4.32. The Morgan fingerprint density at radius 2 is 1.80 bits per heavy atom. The van der Waals surface area contributed by atoms with Gasteiger partial charge in [-0.25, -0.2) is 27.5 Å². The Hall–Kier alpha value is -5.44. The summed E-state index contributed by atoms with van der Waals surface area (Å²) in [6.45, 7) is 4.83. The van der Waals surface area contributed by atoms with Gasteiger partial charge in [0.25, 0.3) is 11.5 Å². The summed E-state index contributed by atoms with van der Waals surface area (Å²) in [6, 6.07) is 6.68. The standard InChI is InChI=1S/C29H26F3N7O5/c1-14(2)38-12-18(28(42)39(29(38)43)17-5-6-19(30)20(31)11-17)27(41)35-16-4-7-22(21(32)10-16)44-23-8-9-33-25-24(23)26(37-36-25)34-15(3)13-40/h4-12,14-15,40H,13H2,1-3H3,(H,35,41)(H2,33,34,36,37). The SMILES string of the molecule is CC(CO)Nc1n[nH]c2nccc(Oc3ccc(NC(=O)c4cn(C(C)C)c(=O)n(-c5ccc(F)c(F)c5)c4=O)cc3F)c12. The van der Waals surface area contributed by atoms with Gasteiger partial charge >= 0.3 is 5.69 Å². The van der Waals surface area contributed by atoms with Crippen LogP contribution in [0.5, 0.6) is 11.5 Å². The van der Waals surface area contributed by atoms with Crippen LogP contribution in [-0.2, 0) is 0 Å². The number of halogens is 3. The highest BCUT2D eigenvalue weighted by atomic mass is 19.2. The van der Waals surface area contributed by atoms with Crippen molar-refractivity contribution in [1.82, 2.24) is 24.3 Å². The first kappa shape index (κ1) is 30.0. The highest BCUT2D eigenvalue weighted by Crippen LogP contribution is 2.34. The number of nitrogens with one attached hydrogen (secondary N) is 3. The van der Waals surface area contributed by atoms with Gasteiger partial charge in [-0.1, -0.05) is 0 Å². The molecule has 0 aliphatic rings. The number of H-pyrrole nitrogens is 1. The molecule has 0 bridgehead atoms. The van der Waals surface area contributed by atoms with Crippen molar-refractivity contribution in [2.45, 2.75) is 32.9 Å². The molecule has 4 N–H and O–H groups in total. The number of hydrogen-bond acceptors (Lipinski definition) is 8. The molecule has 0 saturated carbocycles. The molecule has 0 fully saturated rings. The van der Waals surface area contributed by atoms with E-state index < -0.39 is 46.2 Å². The maximum Gasteiger partial charge on any atom is 0.335 e. The van der Waals surface area contributed by atoms with Crippen molar-refractivity contribution in [2.75, 3.05) is 17.2 Å². The molecule has 0 saturated heterocycles. The van der Waals surface area contributed by atoms with Crippen LogP contribution in [0.4, 0.5) is 24.7 Å². The molecule has 0 aliphatic carbocycles. The number of pyridine rings is 1. The lowest BCUT2D eigenvalue weighted by atomic mass is 10.2. The largest absolute Gasteiger partial charge is 0.453 e. The number of aromatic amines is 1. The van der Waals surface area contributed by atoms with E-state index >= 15 is 4.39 Å². The fourth-order valence-corrected chi connectivity index (χ4v) is 4.32. The van der Waals surface area contributed by atoms with E-state index in [0.29, 0.717) is 27.5 Å². The van der Waals surface area contributed by atoms with E-state index in [1.807, 2.05) is 0 Å². The molecular formula is C29H26F3N7O5. The molecule has 5 aromatic rings. The summed E-state index contributed by atoms with van der Waals surface area (Å²) >= 11 is 0. The molecule has 0 aliphatic heterocycles. The van der Waals surface area contributed by atoms with Gasteiger partial charge < -0.3 is 20.5 Å². The summed E-state index contributed by atoms with van der Waals surface area (Å²) < 4.78 is 50.1. The molecule has 1 atom stereocenters. The molecule has 12 nitrogen and oxygen atoms in total. The predicted molar refractivity (Wildman–Crippen MR) is 155 cm³/mol. The van der Waals surface area contributed by atoms with Crippen molar-refractivity contribution in [2.24, 2.45) is 0 Å². The molecule has 15 heteroatoms. The molecule has 1 amide bonds. The molecule has 0 radical (unpaired) electrons. The van der Waals surface area contributed by atoms with Crippen LogP contribution in [0.25, 0.3) is 16.7 Å². The van der Waals surface area contributed by atoms with E-state index in [0.717, 1.165) is 29.0 Å². The van der Waals surface area contributed by atoms with Crippen LogP contribution >= 0.6 is 0 Å². The van der Waals surface area contributed by atoms with Gasteiger partial charge in [-0.2, -0.15) is 5.10 Å². The van der Waals surface area contributed by atoms with Crippen LogP contribution in [-0.4, -0.2) is 48.0 Å². The molecule has 3 aromatic heterocycles. The number of amides is 1. The van der Waals surface area contributed by atoms with Gasteiger partial charge in [-0.05, 0) is 45.0 Å². The number of carbonyl (C=O) groups is 1. The van der Waals surface area contributed by atoms with Gasteiger partial charge in [0, 0.05) is 48.4 Å². The number of aromatic nitrogens is 5. The number of ether oxygens (including phenoxy) is 1. The third kappa shape index (κ3) is 5.76. The lowest BCUT2D eigenvalue weighted by Gasteiger charge is -2.16. The number of aliphatic hydroxyl groups excluding tert-OH is 1. The zero-order valence-electron chi connectivity index (χ0n) is 23.6. The minimum atomic E-state index is -1.29. The van der Waals surface area contributed by atoms with Crippen LogP contribution < -0.4 is 26.6 Å². The van der Waals surface area contributed by atoms with Crippen LogP contribution in [0.2, 0.25) is 0 Å². The zero-order valence-corrected chi connectivity index (χ0v) is 23.6. The predicted octanol–water partition coefficient (Wildman–Crippen LogP) is 4.11. The average molecular weight is 610 g/mol. The molecular weight excluding hydrogens is 583 g/mol. The summed E-state index contributed by atoms with van der Waals surface area (Å²) in [5.41, 5.74) is -2.41. The number of benzene rings is 2. The van der Waals surface area contributed by atoms with Gasteiger partial charge in [0.1, 0.15) is 16.7 Å². The maximum absolute atomic E-state index is 15.2. The highest BCUT2D eigenvalue weighted by Gasteiger charge is 2.22. The molecule has 228 valence electrons. The Kier molecular flexibility index (Phi) is 8.22. The topological polar surface area (TPSA) is 156 Å². The molecule has 1 unspecified atom stereocenters. The second-order valence-electron chi connectivity index (χ2n) is 10.1. The molecule has 2 aromatic carbocycles. The summed E-state index contributed by atoms with van der Waals surface area (Å²) in [6.07, 6.45) is 2.49. The van der Waals surface area contributed by atoms with Gasteiger partial charge in [0.15, 0.2) is 34.7 Å². The first-order valence-electron chi connectivity index (χ1n) is 13.3. The summed E-state index contributed by atoms with van der Waals surface area (Å²) in [5.74, 6) is -3.96. The van der Waals surface area contributed by atoms with Gasteiger partial charge in [-0.3, -0.25) is 19.3 Å². The second-order valence-corrected chi connectivity index (χ2v) is 10.1. The first-order valence-corrected chi connectivity index (χ1v) is 13.3. The summed E-state index contributed by atoms with van der Waals surface area (Å²) in [7, 11) is 0. The van der Waals surface area contributed by atoms with E-state index in [2.05, 4.69) is 25.8 Å². The minimum Gasteiger partial charge on any atom is -0.453 e. The number of aliphatic hydroxyl groups is 1. The third-order valence-corrected chi connectivity index (χ3v) is 6.57. The lowest BCUT2D eigenvalue weighted by molar-refractivity contribution is 0.102. The fraction of sp³-hybridized carbons (Fsp3) is 0.207. The van der Waals surface area contributed by atoms with E-state index in [1.165, 1.54) is 24.4 Å². The van der Waals surface area contributed by atoms with Crippen LogP contribution in [0.3, 0.4) is 0 Å². The van der Waals surface area contributed by atoms with Crippen molar-refractivity contribution in [3.63, 3.8) is 0 Å². The van der Waals surface area contributed by atoms with Crippen molar-refractivity contribution in [1.29, 1.82) is 0 Å². The number of hydrogen-bond donors (Lipinski definition) is 4. The van der Waals surface area contributed by atoms with E-state index in [4.69, 9.17) is 4.74 Å². The first-order chi connectivity index (χ1) is 21.0. The Bertz CT molecular complexity index is 2000. The van der Waals surface area contributed by atoms with E-state index in [1.54, 1.807) is 20.8 Å². The van der Waals surface area contributed by atoms with E-state index in [9.17, 15) is 28.3 Å². The second kappa shape index (κ2) is 12.0. The van der Waals surface area contributed by atoms with Crippen molar-refractivity contribution in [3.05, 3.63) is 98.7 Å². The third-order valence-electron chi connectivity index (χ3n) is 6.57. The van der Waals surface area contributed by atoms with Gasteiger partial charge in [0.2, 0.25) is 0 Å². The van der Waals surface area contributed by atoms with Crippen LogP contribution in [0.15, 0.2) is 64.4 Å². The summed E-state index contributed by atoms with van der Waals surface area (Å²) in [5, 5.41) is 22.1. The zero-order chi connectivity index (χ0) is 31.7. The number of fused-ring (bicyclic) bond motifs is 1. The Morgan fingerprint density at radius 1 is 1.02 bits per heavy atom. The minimum absolute atomic E-state index is 0.0387. The number of nitrogens with zero attached hydrogens (tertiary/aromatic N) is 4. The number of carbonyl (C=O) groups excluding carboxylic acids is 1. The van der Waals surface area contributed by atoms with Crippen molar-refractivity contribution < 1.29 is 27.8 Å². The lowest BCUT2D eigenvalue weighted by Crippen LogP contribution is -2.42. The average Bonchev–Trinajstić information content (AvgIpc) is 3.39. The van der Waals surface area contributed by atoms with Crippen LogP contribution in [0.1, 0.15) is 37.2 Å². The molecule has 3 heterocycles. The molecule has 0 spiro atoms. The van der Waals surface area contributed by atoms with Crippen LogP contribution in [0, 0.1) is 17.5 Å². The molecule has 44 heavy (non-hydrogen) atoms. The van der Waals surface area contributed by atoms with Crippen molar-refractivity contribution in [3.8, 4) is 17.2 Å². The van der Waals surface area contributed by atoms with Gasteiger partial charge in [0.05, 0.1) is 12.3 Å². The Morgan fingerprint density at radius 3 is 2.48 bits per heavy atom. The van der Waals surface area contributed by atoms with Crippen molar-refractivity contribution >= 4 is 28.4 Å². The number of rotatable bonds is 9. The monoisotopic (exact) mass is 609 g/mol. The quantitative estimate of drug-likeness (QED) is 0.195. The summed E-state index contributed by atoms with van der Waals surface area (Å²) in [4.78, 5) is 43.7. The highest BCUT2D eigenvalue weighted by molar-refractivity contribution is 6.04. The molecule has 5 rings (SSSR count).